The lowest BCUT2D eigenvalue weighted by molar-refractivity contribution is 0.112. The first-order valence-corrected chi connectivity index (χ1v) is 8.18. The smallest absolute Gasteiger partial charge is 0.407 e. The van der Waals surface area contributed by atoms with Crippen LogP contribution in [0, 0.1) is 0 Å². The molecule has 0 bridgehead atoms. The van der Waals surface area contributed by atoms with Crippen LogP contribution in [0.1, 0.15) is 22.8 Å². The van der Waals surface area contributed by atoms with Crippen LogP contribution in [0.25, 0.3) is 10.9 Å². The number of carbonyl (C=O) groups is 2. The number of amides is 1. The number of aldehydes is 1. The Bertz CT molecular complexity index is 921. The molecule has 0 unspecified atom stereocenters. The first kappa shape index (κ1) is 17.5. The number of rotatable bonds is 6. The number of aromatic hydroxyl groups is 1. The number of hydrogen-bond donors (Lipinski definition) is 2. The van der Waals surface area contributed by atoms with E-state index in [9.17, 15) is 14.7 Å². The van der Waals surface area contributed by atoms with Gasteiger partial charge in [-0.1, -0.05) is 30.3 Å². The summed E-state index contributed by atoms with van der Waals surface area (Å²) in [5.41, 5.74) is 1.62. The molecule has 0 saturated carbocycles. The predicted molar refractivity (Wildman–Crippen MR) is 96.0 cm³/mol. The van der Waals surface area contributed by atoms with Crippen LogP contribution in [0.15, 0.2) is 48.7 Å². The summed E-state index contributed by atoms with van der Waals surface area (Å²) >= 11 is 0. The van der Waals surface area contributed by atoms with Crippen molar-refractivity contribution in [2.75, 3.05) is 0 Å². The van der Waals surface area contributed by atoms with Crippen LogP contribution in [-0.2, 0) is 17.9 Å². The van der Waals surface area contributed by atoms with Crippen molar-refractivity contribution in [3.8, 4) is 5.75 Å². The van der Waals surface area contributed by atoms with Crippen LogP contribution < -0.4 is 5.32 Å². The Morgan fingerprint density at radius 1 is 1.31 bits per heavy atom. The number of phenols is 1. The van der Waals surface area contributed by atoms with E-state index in [1.165, 1.54) is 6.07 Å². The van der Waals surface area contributed by atoms with E-state index in [-0.39, 0.29) is 24.0 Å². The minimum absolute atomic E-state index is 0.0999. The quantitative estimate of drug-likeness (QED) is 0.665. The van der Waals surface area contributed by atoms with Crippen molar-refractivity contribution in [2.45, 2.75) is 26.1 Å². The number of nitrogens with one attached hydrogen (secondary N) is 1. The summed E-state index contributed by atoms with van der Waals surface area (Å²) in [6, 6.07) is 12.3. The molecule has 0 fully saturated rings. The Kier molecular flexibility index (Phi) is 5.17. The number of benzene rings is 2. The molecule has 26 heavy (non-hydrogen) atoms. The van der Waals surface area contributed by atoms with E-state index < -0.39 is 6.09 Å². The van der Waals surface area contributed by atoms with Gasteiger partial charge in [-0.15, -0.1) is 0 Å². The molecule has 2 aromatic carbocycles. The van der Waals surface area contributed by atoms with Gasteiger partial charge in [0.1, 0.15) is 12.4 Å². The monoisotopic (exact) mass is 353 g/mol. The maximum absolute atomic E-state index is 11.9. The Labute approximate surface area is 150 Å². The SMILES string of the molecule is C[C@@H](Cn1ncc2ccc(O)c(C=O)c21)NC(=O)OCc1ccccc1. The lowest BCUT2D eigenvalue weighted by Gasteiger charge is -2.15. The van der Waals surface area contributed by atoms with Gasteiger partial charge in [0.15, 0.2) is 6.29 Å². The van der Waals surface area contributed by atoms with Gasteiger partial charge >= 0.3 is 6.09 Å². The molecule has 0 radical (unpaired) electrons. The summed E-state index contributed by atoms with van der Waals surface area (Å²) in [5.74, 6) is -0.0999. The molecule has 1 aromatic heterocycles. The van der Waals surface area contributed by atoms with Gasteiger partial charge in [0.05, 0.1) is 23.8 Å². The normalized spacial score (nSPS) is 11.9. The van der Waals surface area contributed by atoms with E-state index in [1.54, 1.807) is 23.9 Å². The van der Waals surface area contributed by atoms with Crippen LogP contribution in [0.3, 0.4) is 0 Å². The van der Waals surface area contributed by atoms with E-state index >= 15 is 0 Å². The highest BCUT2D eigenvalue weighted by Crippen LogP contribution is 2.25. The molecule has 0 spiro atoms. The van der Waals surface area contributed by atoms with E-state index in [4.69, 9.17) is 4.74 Å². The topological polar surface area (TPSA) is 93.5 Å². The number of carbonyl (C=O) groups excluding carboxylic acids is 2. The molecule has 2 N–H and O–H groups in total. The molecule has 0 aliphatic carbocycles. The predicted octanol–water partition coefficient (Wildman–Crippen LogP) is 2.87. The fourth-order valence-electron chi connectivity index (χ4n) is 2.72. The van der Waals surface area contributed by atoms with Gasteiger partial charge in [-0.2, -0.15) is 5.10 Å². The van der Waals surface area contributed by atoms with Gasteiger partial charge in [0.25, 0.3) is 0 Å². The van der Waals surface area contributed by atoms with Crippen molar-refractivity contribution in [3.63, 3.8) is 0 Å². The van der Waals surface area contributed by atoms with Crippen molar-refractivity contribution < 1.29 is 19.4 Å². The molecule has 3 aromatic rings. The standard InChI is InChI=1S/C19H19N3O4/c1-13(21-19(25)26-12-14-5-3-2-4-6-14)10-22-18-15(9-20-22)7-8-17(24)16(18)11-23/h2-9,11,13,24H,10,12H2,1H3,(H,21,25)/t13-/m0/s1. The van der Waals surface area contributed by atoms with E-state index in [2.05, 4.69) is 10.4 Å². The summed E-state index contributed by atoms with van der Waals surface area (Å²) in [7, 11) is 0. The average molecular weight is 353 g/mol. The zero-order valence-electron chi connectivity index (χ0n) is 14.3. The van der Waals surface area contributed by atoms with Crippen molar-refractivity contribution in [3.05, 3.63) is 59.8 Å². The molecule has 134 valence electrons. The maximum Gasteiger partial charge on any atom is 0.407 e. The van der Waals surface area contributed by atoms with Gasteiger partial charge in [0, 0.05) is 11.4 Å². The molecule has 3 rings (SSSR count). The molecule has 7 heteroatoms. The number of hydrogen-bond acceptors (Lipinski definition) is 5. The van der Waals surface area contributed by atoms with Crippen LogP contribution >= 0.6 is 0 Å². The second kappa shape index (κ2) is 7.69. The Balaban J connectivity index is 1.64. The van der Waals surface area contributed by atoms with E-state index in [0.717, 1.165) is 10.9 Å². The Hall–Kier alpha value is -3.35. The molecule has 7 nitrogen and oxygen atoms in total. The zero-order chi connectivity index (χ0) is 18.5. The number of alkyl carbamates (subject to hydrolysis) is 1. The maximum atomic E-state index is 11.9. The molecular formula is C19H19N3O4. The molecule has 0 aliphatic heterocycles. The summed E-state index contributed by atoms with van der Waals surface area (Å²) in [6.07, 6.45) is 1.68. The van der Waals surface area contributed by atoms with Crippen molar-refractivity contribution >= 4 is 23.3 Å². The molecule has 1 atom stereocenters. The highest BCUT2D eigenvalue weighted by atomic mass is 16.5. The van der Waals surface area contributed by atoms with Crippen LogP contribution in [0.5, 0.6) is 5.75 Å². The van der Waals surface area contributed by atoms with Crippen LogP contribution in [0.4, 0.5) is 4.79 Å². The number of phenolic OH excluding ortho intramolecular Hbond substituents is 1. The summed E-state index contributed by atoms with van der Waals surface area (Å²) < 4.78 is 6.78. The lowest BCUT2D eigenvalue weighted by Crippen LogP contribution is -2.36. The minimum Gasteiger partial charge on any atom is -0.507 e. The number of nitrogens with zero attached hydrogens (tertiary/aromatic N) is 2. The summed E-state index contributed by atoms with van der Waals surface area (Å²) in [4.78, 5) is 23.2. The van der Waals surface area contributed by atoms with Crippen molar-refractivity contribution in [1.82, 2.24) is 15.1 Å². The van der Waals surface area contributed by atoms with Gasteiger partial charge in [0.2, 0.25) is 0 Å². The molecule has 0 aliphatic rings. The number of ether oxygens (including phenoxy) is 1. The number of fused-ring (bicyclic) bond motifs is 1. The number of aromatic nitrogens is 2. The van der Waals surface area contributed by atoms with Crippen LogP contribution in [-0.4, -0.2) is 33.3 Å². The largest absolute Gasteiger partial charge is 0.507 e. The van der Waals surface area contributed by atoms with Gasteiger partial charge < -0.3 is 15.2 Å². The summed E-state index contributed by atoms with van der Waals surface area (Å²) in [6.45, 7) is 2.32. The fraction of sp³-hybridized carbons (Fsp3) is 0.211. The Morgan fingerprint density at radius 3 is 2.81 bits per heavy atom. The van der Waals surface area contributed by atoms with Gasteiger partial charge in [-0.25, -0.2) is 4.79 Å². The van der Waals surface area contributed by atoms with E-state index in [1.807, 2.05) is 30.3 Å². The first-order valence-electron chi connectivity index (χ1n) is 8.18. The lowest BCUT2D eigenvalue weighted by atomic mass is 10.1. The highest BCUT2D eigenvalue weighted by Gasteiger charge is 2.15. The third-order valence-electron chi connectivity index (χ3n) is 3.96. The average Bonchev–Trinajstić information content (AvgIpc) is 3.03. The second-order valence-electron chi connectivity index (χ2n) is 5.99. The van der Waals surface area contributed by atoms with E-state index in [0.29, 0.717) is 18.3 Å². The highest BCUT2D eigenvalue weighted by molar-refractivity contribution is 5.98. The van der Waals surface area contributed by atoms with Gasteiger partial charge in [-0.3, -0.25) is 9.48 Å². The fourth-order valence-corrected chi connectivity index (χ4v) is 2.72. The van der Waals surface area contributed by atoms with Crippen molar-refractivity contribution in [2.24, 2.45) is 0 Å². The molecule has 0 saturated heterocycles. The minimum atomic E-state index is -0.531. The summed E-state index contributed by atoms with van der Waals surface area (Å²) in [5, 5.41) is 17.6. The zero-order valence-corrected chi connectivity index (χ0v) is 14.3. The Morgan fingerprint density at radius 2 is 2.08 bits per heavy atom. The third kappa shape index (κ3) is 3.83. The van der Waals surface area contributed by atoms with Crippen LogP contribution in [0.2, 0.25) is 0 Å². The van der Waals surface area contributed by atoms with Gasteiger partial charge in [-0.05, 0) is 24.6 Å². The molecular weight excluding hydrogens is 334 g/mol. The van der Waals surface area contributed by atoms with Crippen molar-refractivity contribution in [1.29, 1.82) is 0 Å². The first-order chi connectivity index (χ1) is 12.6. The second-order valence-corrected chi connectivity index (χ2v) is 5.99. The molecule has 1 amide bonds. The molecule has 1 heterocycles. The third-order valence-corrected chi connectivity index (χ3v) is 3.96.